The van der Waals surface area contributed by atoms with E-state index in [1.54, 1.807) is 17.9 Å². The van der Waals surface area contributed by atoms with Gasteiger partial charge in [-0.05, 0) is 55.5 Å². The van der Waals surface area contributed by atoms with Crippen LogP contribution in [-0.2, 0) is 6.18 Å². The summed E-state index contributed by atoms with van der Waals surface area (Å²) in [5, 5.41) is 0. The molecule has 3 aromatic rings. The molecule has 10 heteroatoms. The summed E-state index contributed by atoms with van der Waals surface area (Å²) in [4.78, 5) is 27.4. The number of halogens is 4. The molecule has 5 rings (SSSR count). The van der Waals surface area contributed by atoms with Gasteiger partial charge in [-0.15, -0.1) is 0 Å². The molecule has 6 nitrogen and oxygen atoms in total. The Labute approximate surface area is 192 Å². The fourth-order valence-electron chi connectivity index (χ4n) is 4.82. The Balaban J connectivity index is 1.40. The molecule has 2 aliphatic rings. The molecular formula is C24H20F4N4O2. The predicted octanol–water partition coefficient (Wildman–Crippen LogP) is 4.69. The number of rotatable bonds is 4. The van der Waals surface area contributed by atoms with E-state index >= 15 is 0 Å². The van der Waals surface area contributed by atoms with Gasteiger partial charge in [-0.25, -0.2) is 9.37 Å². The van der Waals surface area contributed by atoms with Crippen LogP contribution in [0, 0.1) is 18.7 Å². The molecule has 1 aliphatic heterocycles. The average molecular weight is 472 g/mol. The monoisotopic (exact) mass is 472 g/mol. The van der Waals surface area contributed by atoms with E-state index in [0.717, 1.165) is 12.3 Å². The fraction of sp³-hybridized carbons (Fsp3) is 0.333. The molecule has 1 saturated heterocycles. The van der Waals surface area contributed by atoms with E-state index in [2.05, 4.69) is 15.0 Å². The fourth-order valence-corrected chi connectivity index (χ4v) is 4.82. The number of nitrogens with zero attached hydrogens (tertiary/aromatic N) is 4. The van der Waals surface area contributed by atoms with Crippen LogP contribution in [0.1, 0.15) is 34.5 Å². The predicted molar refractivity (Wildman–Crippen MR) is 113 cm³/mol. The van der Waals surface area contributed by atoms with Crippen LogP contribution >= 0.6 is 0 Å². The van der Waals surface area contributed by atoms with Gasteiger partial charge >= 0.3 is 6.18 Å². The lowest BCUT2D eigenvalue weighted by Gasteiger charge is -2.33. The van der Waals surface area contributed by atoms with Gasteiger partial charge in [0.1, 0.15) is 23.3 Å². The van der Waals surface area contributed by atoms with Crippen molar-refractivity contribution in [2.24, 2.45) is 5.92 Å². The van der Waals surface area contributed by atoms with Crippen molar-refractivity contribution in [1.29, 1.82) is 0 Å². The molecule has 0 spiro atoms. The summed E-state index contributed by atoms with van der Waals surface area (Å²) in [5.74, 6) is -0.647. The molecule has 1 amide bonds. The Hall–Kier alpha value is -3.56. The van der Waals surface area contributed by atoms with Gasteiger partial charge in [-0.3, -0.25) is 14.8 Å². The van der Waals surface area contributed by atoms with Gasteiger partial charge in [0.05, 0.1) is 11.6 Å². The summed E-state index contributed by atoms with van der Waals surface area (Å²) in [6.07, 6.45) is 0.171. The number of aryl methyl sites for hydroxylation is 1. The largest absolute Gasteiger partial charge is 0.472 e. The van der Waals surface area contributed by atoms with Crippen LogP contribution in [0.4, 0.5) is 17.6 Å². The second-order valence-corrected chi connectivity index (χ2v) is 8.59. The average Bonchev–Trinajstić information content (AvgIpc) is 3.39. The van der Waals surface area contributed by atoms with Gasteiger partial charge in [0.25, 0.3) is 5.91 Å². The topological polar surface area (TPSA) is 68.2 Å². The number of alkyl halides is 3. The van der Waals surface area contributed by atoms with Crippen LogP contribution in [0.2, 0.25) is 0 Å². The maximum Gasteiger partial charge on any atom is 0.417 e. The maximum atomic E-state index is 14.5. The Morgan fingerprint density at radius 2 is 1.91 bits per heavy atom. The third kappa shape index (κ3) is 3.97. The Morgan fingerprint density at radius 1 is 1.09 bits per heavy atom. The first kappa shape index (κ1) is 22.2. The van der Waals surface area contributed by atoms with Gasteiger partial charge in [0.2, 0.25) is 5.88 Å². The minimum atomic E-state index is -4.48. The summed E-state index contributed by atoms with van der Waals surface area (Å²) in [5.41, 5.74) is 0.320. The molecular weight excluding hydrogens is 452 g/mol. The molecule has 3 aromatic heterocycles. The Morgan fingerprint density at radius 3 is 2.59 bits per heavy atom. The van der Waals surface area contributed by atoms with Gasteiger partial charge < -0.3 is 9.64 Å². The van der Waals surface area contributed by atoms with Crippen molar-refractivity contribution in [1.82, 2.24) is 19.9 Å². The lowest BCUT2D eigenvalue weighted by Crippen LogP contribution is -2.47. The van der Waals surface area contributed by atoms with E-state index in [9.17, 15) is 22.4 Å². The molecule has 2 fully saturated rings. The number of fused-ring (bicyclic) bond motifs is 2. The van der Waals surface area contributed by atoms with Crippen LogP contribution in [0.3, 0.4) is 0 Å². The number of hydrogen-bond acceptors (Lipinski definition) is 5. The lowest BCUT2D eigenvalue weighted by molar-refractivity contribution is -0.137. The number of amides is 1. The second-order valence-electron chi connectivity index (χ2n) is 8.59. The standard InChI is InChI=1S/C24H20F4N4O2/c1-13-6-8-30-22(20(13)21-16(25)3-2-7-29-21)23(33)32-12-14-9-17(32)18(10-14)34-19-5-4-15(11-31-19)24(26,27)28/h2-8,11,14,17-18H,9-10,12H2,1H3/t14-,17+,18-/m1/s1. The number of ether oxygens (including phenoxy) is 1. The first-order valence-electron chi connectivity index (χ1n) is 10.8. The number of hydrogen-bond donors (Lipinski definition) is 0. The second kappa shape index (κ2) is 8.34. The minimum Gasteiger partial charge on any atom is -0.472 e. The summed E-state index contributed by atoms with van der Waals surface area (Å²) in [6, 6.07) is 6.27. The third-order valence-electron chi connectivity index (χ3n) is 6.38. The Bertz CT molecular complexity index is 1230. The number of piperidine rings is 1. The lowest BCUT2D eigenvalue weighted by atomic mass is 10.0. The first-order valence-corrected chi connectivity index (χ1v) is 10.8. The minimum absolute atomic E-state index is 0.0579. The maximum absolute atomic E-state index is 14.5. The van der Waals surface area contributed by atoms with Crippen molar-refractivity contribution in [2.75, 3.05) is 6.54 Å². The molecule has 0 aromatic carbocycles. The van der Waals surface area contributed by atoms with E-state index in [4.69, 9.17) is 4.74 Å². The van der Waals surface area contributed by atoms with E-state index in [1.807, 2.05) is 0 Å². The SMILES string of the molecule is Cc1ccnc(C(=O)N2C[C@H]3C[C@@H](Oc4ccc(C(F)(F)F)cn4)[C@@H]2C3)c1-c1ncccc1F. The number of likely N-dealkylation sites (tertiary alicyclic amines) is 1. The quantitative estimate of drug-likeness (QED) is 0.516. The molecule has 176 valence electrons. The van der Waals surface area contributed by atoms with Crippen molar-refractivity contribution in [3.8, 4) is 17.1 Å². The highest BCUT2D eigenvalue weighted by molar-refractivity contribution is 5.99. The molecule has 4 heterocycles. The molecule has 2 bridgehead atoms. The van der Waals surface area contributed by atoms with E-state index in [0.29, 0.717) is 30.5 Å². The molecule has 1 aliphatic carbocycles. The van der Waals surface area contributed by atoms with Crippen molar-refractivity contribution in [3.63, 3.8) is 0 Å². The zero-order valence-electron chi connectivity index (χ0n) is 18.1. The van der Waals surface area contributed by atoms with E-state index < -0.39 is 23.7 Å². The number of aromatic nitrogens is 3. The van der Waals surface area contributed by atoms with Crippen molar-refractivity contribution in [2.45, 2.75) is 38.1 Å². The molecule has 0 unspecified atom stereocenters. The van der Waals surface area contributed by atoms with Crippen LogP contribution in [-0.4, -0.2) is 44.4 Å². The summed E-state index contributed by atoms with van der Waals surface area (Å²) in [6.45, 7) is 2.27. The zero-order chi connectivity index (χ0) is 24.0. The Kier molecular flexibility index (Phi) is 5.45. The van der Waals surface area contributed by atoms with Gasteiger partial charge in [0.15, 0.2) is 0 Å². The molecule has 34 heavy (non-hydrogen) atoms. The third-order valence-corrected chi connectivity index (χ3v) is 6.38. The zero-order valence-corrected chi connectivity index (χ0v) is 18.1. The normalized spacial score (nSPS) is 21.7. The molecule has 1 saturated carbocycles. The van der Waals surface area contributed by atoms with Crippen molar-refractivity contribution < 1.29 is 27.1 Å². The van der Waals surface area contributed by atoms with Crippen LogP contribution in [0.5, 0.6) is 5.88 Å². The van der Waals surface area contributed by atoms with E-state index in [1.165, 1.54) is 30.6 Å². The van der Waals surface area contributed by atoms with Crippen molar-refractivity contribution >= 4 is 5.91 Å². The summed E-state index contributed by atoms with van der Waals surface area (Å²) in [7, 11) is 0. The van der Waals surface area contributed by atoms with Crippen molar-refractivity contribution in [3.05, 3.63) is 71.6 Å². The summed E-state index contributed by atoms with van der Waals surface area (Å²) >= 11 is 0. The van der Waals surface area contributed by atoms with E-state index in [-0.39, 0.29) is 35.1 Å². The first-order chi connectivity index (χ1) is 16.2. The molecule has 3 atom stereocenters. The highest BCUT2D eigenvalue weighted by Gasteiger charge is 2.49. The van der Waals surface area contributed by atoms with Gasteiger partial charge in [-0.1, -0.05) is 0 Å². The smallest absolute Gasteiger partial charge is 0.417 e. The number of pyridine rings is 3. The van der Waals surface area contributed by atoms with Crippen LogP contribution < -0.4 is 4.74 Å². The number of carbonyl (C=O) groups is 1. The van der Waals surface area contributed by atoms with Crippen LogP contribution in [0.25, 0.3) is 11.3 Å². The highest BCUT2D eigenvalue weighted by Crippen LogP contribution is 2.41. The van der Waals surface area contributed by atoms with Gasteiger partial charge in [0, 0.05) is 36.8 Å². The molecule has 0 N–H and O–H groups in total. The molecule has 0 radical (unpaired) electrons. The van der Waals surface area contributed by atoms with Gasteiger partial charge in [-0.2, -0.15) is 13.2 Å². The number of carbonyl (C=O) groups excluding carboxylic acids is 1. The highest BCUT2D eigenvalue weighted by atomic mass is 19.4. The van der Waals surface area contributed by atoms with Crippen LogP contribution in [0.15, 0.2) is 48.9 Å². The summed E-state index contributed by atoms with van der Waals surface area (Å²) < 4.78 is 58.8.